The van der Waals surface area contributed by atoms with Crippen LogP contribution in [-0.2, 0) is 11.3 Å². The van der Waals surface area contributed by atoms with E-state index < -0.39 is 4.92 Å². The van der Waals surface area contributed by atoms with E-state index in [4.69, 9.17) is 0 Å². The first-order chi connectivity index (χ1) is 13.1. The minimum atomic E-state index is -0.453. The van der Waals surface area contributed by atoms with E-state index in [0.717, 1.165) is 18.7 Å². The number of nitrogens with one attached hydrogen (secondary N) is 1. The number of nitro groups is 1. The van der Waals surface area contributed by atoms with Gasteiger partial charge in [0.2, 0.25) is 5.91 Å². The average molecular weight is 365 g/mol. The highest BCUT2D eigenvalue weighted by atomic mass is 16.6. The zero-order valence-corrected chi connectivity index (χ0v) is 15.1. The van der Waals surface area contributed by atoms with Crippen LogP contribution in [0, 0.1) is 10.1 Å². The maximum absolute atomic E-state index is 12.0. The number of carbonyl (C=O) groups is 1. The third-order valence-corrected chi connectivity index (χ3v) is 4.63. The molecule has 0 aliphatic carbocycles. The maximum Gasteiger partial charge on any atom is 0.270 e. The quantitative estimate of drug-likeness (QED) is 0.478. The summed E-state index contributed by atoms with van der Waals surface area (Å²) in [4.78, 5) is 24.7. The van der Waals surface area contributed by atoms with E-state index in [0.29, 0.717) is 12.1 Å². The minimum Gasteiger partial charge on any atom is -0.372 e. The van der Waals surface area contributed by atoms with Gasteiger partial charge in [0.25, 0.3) is 5.69 Å². The van der Waals surface area contributed by atoms with Gasteiger partial charge in [-0.05, 0) is 48.6 Å². The van der Waals surface area contributed by atoms with E-state index in [-0.39, 0.29) is 11.6 Å². The Morgan fingerprint density at radius 1 is 1.11 bits per heavy atom. The summed E-state index contributed by atoms with van der Waals surface area (Å²) in [5.74, 6) is -0.235. The van der Waals surface area contributed by atoms with Crippen molar-refractivity contribution in [1.29, 1.82) is 0 Å². The predicted molar refractivity (Wildman–Crippen MR) is 106 cm³/mol. The number of anilines is 1. The molecule has 6 heteroatoms. The van der Waals surface area contributed by atoms with Crippen molar-refractivity contribution in [3.63, 3.8) is 0 Å². The molecule has 2 aromatic rings. The van der Waals surface area contributed by atoms with Crippen molar-refractivity contribution >= 4 is 23.4 Å². The zero-order chi connectivity index (χ0) is 19.1. The lowest BCUT2D eigenvalue weighted by atomic mass is 10.1. The van der Waals surface area contributed by atoms with Crippen LogP contribution in [0.3, 0.4) is 0 Å². The summed E-state index contributed by atoms with van der Waals surface area (Å²) in [5, 5.41) is 13.6. The average Bonchev–Trinajstić information content (AvgIpc) is 2.72. The van der Waals surface area contributed by atoms with Gasteiger partial charge in [0.15, 0.2) is 0 Å². The SMILES string of the molecule is O=C(/C=C/c1cccc([N+](=O)[O-])c1)NCc1ccc(N2CCCCC2)cc1. The first-order valence-electron chi connectivity index (χ1n) is 9.16. The van der Waals surface area contributed by atoms with Crippen molar-refractivity contribution in [2.45, 2.75) is 25.8 Å². The standard InChI is InChI=1S/C21H23N3O3/c25-21(12-9-17-5-4-6-20(15-17)24(26)27)22-16-18-7-10-19(11-8-18)23-13-2-1-3-14-23/h4-12,15H,1-3,13-14,16H2,(H,22,25)/b12-9+. The van der Waals surface area contributed by atoms with Gasteiger partial charge in [-0.2, -0.15) is 0 Å². The lowest BCUT2D eigenvalue weighted by molar-refractivity contribution is -0.384. The molecule has 3 rings (SSSR count). The second-order valence-corrected chi connectivity index (χ2v) is 6.62. The summed E-state index contributed by atoms with van der Waals surface area (Å²) in [7, 11) is 0. The van der Waals surface area contributed by atoms with Crippen LogP contribution in [0.1, 0.15) is 30.4 Å². The van der Waals surface area contributed by atoms with Crippen LogP contribution < -0.4 is 10.2 Å². The van der Waals surface area contributed by atoms with E-state index in [1.807, 2.05) is 12.1 Å². The number of non-ortho nitro benzene ring substituents is 1. The van der Waals surface area contributed by atoms with Crippen molar-refractivity contribution in [1.82, 2.24) is 5.32 Å². The van der Waals surface area contributed by atoms with Gasteiger partial charge in [-0.25, -0.2) is 0 Å². The molecule has 1 amide bonds. The van der Waals surface area contributed by atoms with E-state index in [9.17, 15) is 14.9 Å². The van der Waals surface area contributed by atoms with Gasteiger partial charge in [0.05, 0.1) is 4.92 Å². The van der Waals surface area contributed by atoms with Gasteiger partial charge < -0.3 is 10.2 Å². The van der Waals surface area contributed by atoms with Crippen LogP contribution in [0.4, 0.5) is 11.4 Å². The first kappa shape index (κ1) is 18.6. The maximum atomic E-state index is 12.0. The molecule has 0 unspecified atom stereocenters. The van der Waals surface area contributed by atoms with Crippen LogP contribution in [0.25, 0.3) is 6.08 Å². The molecule has 0 radical (unpaired) electrons. The van der Waals surface area contributed by atoms with E-state index in [1.54, 1.807) is 18.2 Å². The summed E-state index contributed by atoms with van der Waals surface area (Å²) in [6.45, 7) is 2.66. The molecule has 1 saturated heterocycles. The number of rotatable bonds is 6. The minimum absolute atomic E-state index is 0.00588. The number of hydrogen-bond acceptors (Lipinski definition) is 4. The molecule has 1 heterocycles. The molecule has 6 nitrogen and oxygen atoms in total. The first-order valence-corrected chi connectivity index (χ1v) is 9.16. The molecule has 0 bridgehead atoms. The Bertz CT molecular complexity index is 825. The molecule has 27 heavy (non-hydrogen) atoms. The largest absolute Gasteiger partial charge is 0.372 e. The highest BCUT2D eigenvalue weighted by molar-refractivity contribution is 5.91. The normalized spacial score (nSPS) is 14.3. The summed E-state index contributed by atoms with van der Waals surface area (Å²) in [6, 6.07) is 14.4. The van der Waals surface area contributed by atoms with Crippen molar-refractivity contribution in [3.05, 3.63) is 75.8 Å². The Balaban J connectivity index is 1.51. The van der Waals surface area contributed by atoms with Crippen LogP contribution >= 0.6 is 0 Å². The highest BCUT2D eigenvalue weighted by Crippen LogP contribution is 2.20. The molecule has 1 fully saturated rings. The molecule has 1 aliphatic rings. The third kappa shape index (κ3) is 5.41. The number of amides is 1. The molecule has 140 valence electrons. The predicted octanol–water partition coefficient (Wildman–Crippen LogP) is 3.91. The van der Waals surface area contributed by atoms with Crippen molar-refractivity contribution < 1.29 is 9.72 Å². The second-order valence-electron chi connectivity index (χ2n) is 6.62. The topological polar surface area (TPSA) is 75.5 Å². The van der Waals surface area contributed by atoms with Gasteiger partial charge in [0.1, 0.15) is 0 Å². The molecular formula is C21H23N3O3. The Morgan fingerprint density at radius 3 is 2.56 bits per heavy atom. The number of nitro benzene ring substituents is 1. The molecule has 1 aliphatic heterocycles. The summed E-state index contributed by atoms with van der Waals surface area (Å²) >= 11 is 0. The number of hydrogen-bond donors (Lipinski definition) is 1. The van der Waals surface area contributed by atoms with Gasteiger partial charge in [0, 0.05) is 43.5 Å². The third-order valence-electron chi connectivity index (χ3n) is 4.63. The Hall–Kier alpha value is -3.15. The van der Waals surface area contributed by atoms with Gasteiger partial charge in [-0.3, -0.25) is 14.9 Å². The number of piperidine rings is 1. The van der Waals surface area contributed by atoms with Gasteiger partial charge >= 0.3 is 0 Å². The fourth-order valence-electron chi connectivity index (χ4n) is 3.14. The molecule has 0 spiro atoms. The number of nitrogens with zero attached hydrogens (tertiary/aromatic N) is 2. The summed E-state index contributed by atoms with van der Waals surface area (Å²) in [6.07, 6.45) is 6.76. The van der Waals surface area contributed by atoms with E-state index >= 15 is 0 Å². The monoisotopic (exact) mass is 365 g/mol. The molecule has 0 atom stereocenters. The molecule has 1 N–H and O–H groups in total. The number of carbonyl (C=O) groups excluding carboxylic acids is 1. The fraction of sp³-hybridized carbons (Fsp3) is 0.286. The fourth-order valence-corrected chi connectivity index (χ4v) is 3.14. The Morgan fingerprint density at radius 2 is 1.85 bits per heavy atom. The number of benzene rings is 2. The lowest BCUT2D eigenvalue weighted by Crippen LogP contribution is -2.29. The molecule has 0 saturated carbocycles. The summed E-state index contributed by atoms with van der Waals surface area (Å²) in [5.41, 5.74) is 2.89. The highest BCUT2D eigenvalue weighted by Gasteiger charge is 2.10. The van der Waals surface area contributed by atoms with E-state index in [2.05, 4.69) is 22.3 Å². The van der Waals surface area contributed by atoms with Crippen molar-refractivity contribution in [2.75, 3.05) is 18.0 Å². The summed E-state index contributed by atoms with van der Waals surface area (Å²) < 4.78 is 0. The van der Waals surface area contributed by atoms with Crippen LogP contribution in [0.5, 0.6) is 0 Å². The Labute approximate surface area is 158 Å². The second kappa shape index (κ2) is 8.98. The van der Waals surface area contributed by atoms with E-state index in [1.165, 1.54) is 43.2 Å². The van der Waals surface area contributed by atoms with Crippen molar-refractivity contribution in [3.8, 4) is 0 Å². The lowest BCUT2D eigenvalue weighted by Gasteiger charge is -2.28. The van der Waals surface area contributed by atoms with Crippen LogP contribution in [-0.4, -0.2) is 23.9 Å². The molecule has 2 aromatic carbocycles. The molecular weight excluding hydrogens is 342 g/mol. The smallest absolute Gasteiger partial charge is 0.270 e. The van der Waals surface area contributed by atoms with Crippen LogP contribution in [0.15, 0.2) is 54.6 Å². The Kier molecular flexibility index (Phi) is 6.20. The molecule has 0 aromatic heterocycles. The van der Waals surface area contributed by atoms with Crippen molar-refractivity contribution in [2.24, 2.45) is 0 Å². The van der Waals surface area contributed by atoms with Gasteiger partial charge in [-0.1, -0.05) is 24.3 Å². The zero-order valence-electron chi connectivity index (χ0n) is 15.1. The van der Waals surface area contributed by atoms with Crippen LogP contribution in [0.2, 0.25) is 0 Å². The van der Waals surface area contributed by atoms with Gasteiger partial charge in [-0.15, -0.1) is 0 Å².